The Bertz CT molecular complexity index is 3480. The molecule has 5 nitrogen and oxygen atoms in total. The summed E-state index contributed by atoms with van der Waals surface area (Å²) < 4.78 is 8.93. The molecule has 12 rings (SSSR count). The van der Waals surface area contributed by atoms with Crippen molar-refractivity contribution in [1.29, 1.82) is 0 Å². The van der Waals surface area contributed by atoms with Crippen LogP contribution in [0.1, 0.15) is 0 Å². The summed E-state index contributed by atoms with van der Waals surface area (Å²) in [4.78, 5) is 15.2. The summed E-state index contributed by atoms with van der Waals surface area (Å²) in [5.41, 5.74) is 10.1. The van der Waals surface area contributed by atoms with E-state index in [0.29, 0.717) is 17.5 Å². The number of fused-ring (bicyclic) bond motifs is 8. The molecule has 0 aliphatic carbocycles. The van der Waals surface area contributed by atoms with Gasteiger partial charge in [-0.25, -0.2) is 15.0 Å². The average molecular weight is 741 g/mol. The minimum Gasteiger partial charge on any atom is -0.456 e. The van der Waals surface area contributed by atoms with Crippen molar-refractivity contribution >= 4 is 65.3 Å². The average Bonchev–Trinajstić information content (AvgIpc) is 3.83. The molecule has 0 atom stereocenters. The molecule has 0 unspecified atom stereocenters. The molecule has 3 aromatic heterocycles. The van der Waals surface area contributed by atoms with Crippen LogP contribution in [0.3, 0.4) is 0 Å². The highest BCUT2D eigenvalue weighted by Gasteiger charge is 2.18. The molecule has 12 aromatic rings. The Balaban J connectivity index is 0.991. The van der Waals surface area contributed by atoms with E-state index in [1.54, 1.807) is 0 Å². The molecule has 0 saturated heterocycles. The van der Waals surface area contributed by atoms with Gasteiger partial charge in [-0.15, -0.1) is 0 Å². The fourth-order valence-corrected chi connectivity index (χ4v) is 8.52. The number of hydrogen-bond donors (Lipinski definition) is 0. The Labute approximate surface area is 333 Å². The Morgan fingerprint density at radius 1 is 0.310 bits per heavy atom. The van der Waals surface area contributed by atoms with E-state index >= 15 is 0 Å². The fourth-order valence-electron chi connectivity index (χ4n) is 8.52. The molecule has 0 radical (unpaired) electrons. The smallest absolute Gasteiger partial charge is 0.164 e. The van der Waals surface area contributed by atoms with Gasteiger partial charge in [-0.2, -0.15) is 0 Å². The van der Waals surface area contributed by atoms with E-state index < -0.39 is 0 Å². The first-order valence-electron chi connectivity index (χ1n) is 19.5. The highest BCUT2D eigenvalue weighted by atomic mass is 16.3. The lowest BCUT2D eigenvalue weighted by Crippen LogP contribution is -2.00. The zero-order valence-electron chi connectivity index (χ0n) is 31.2. The van der Waals surface area contributed by atoms with Crippen LogP contribution in [-0.4, -0.2) is 19.5 Å². The maximum atomic E-state index is 6.57. The van der Waals surface area contributed by atoms with E-state index in [2.05, 4.69) is 199 Å². The third kappa shape index (κ3) is 5.29. The molecule has 270 valence electrons. The molecule has 0 spiro atoms. The minimum atomic E-state index is 0.588. The van der Waals surface area contributed by atoms with Crippen molar-refractivity contribution in [2.75, 3.05) is 0 Å². The van der Waals surface area contributed by atoms with Gasteiger partial charge in [-0.3, -0.25) is 0 Å². The molecule has 58 heavy (non-hydrogen) atoms. The highest BCUT2D eigenvalue weighted by Crippen LogP contribution is 2.38. The summed E-state index contributed by atoms with van der Waals surface area (Å²) in [6, 6.07) is 68.2. The van der Waals surface area contributed by atoms with Gasteiger partial charge in [0.1, 0.15) is 11.2 Å². The van der Waals surface area contributed by atoms with E-state index in [9.17, 15) is 0 Å². The SMILES string of the molecule is c1ccc(-c2ccc3c(c2)c2ccccc2n3-c2ccc3oc4cc(-c5nc(-c6ccc7ccccc7c6)nc(-c6ccc7ccccc7c6)n5)ccc4c3c2)cc1. The first-order chi connectivity index (χ1) is 28.7. The second-order valence-corrected chi connectivity index (χ2v) is 14.9. The summed E-state index contributed by atoms with van der Waals surface area (Å²) in [6.07, 6.45) is 0. The van der Waals surface area contributed by atoms with Crippen molar-refractivity contribution in [2.24, 2.45) is 0 Å². The summed E-state index contributed by atoms with van der Waals surface area (Å²) >= 11 is 0. The Kier molecular flexibility index (Phi) is 7.16. The summed E-state index contributed by atoms with van der Waals surface area (Å²) in [5.74, 6) is 1.83. The number of para-hydroxylation sites is 1. The molecule has 0 amide bonds. The molecule has 0 aliphatic heterocycles. The zero-order valence-corrected chi connectivity index (χ0v) is 31.2. The predicted octanol–water partition coefficient (Wildman–Crippen LogP) is 13.8. The molecule has 0 saturated carbocycles. The molecular formula is C53H32N4O. The second-order valence-electron chi connectivity index (χ2n) is 14.9. The van der Waals surface area contributed by atoms with Crippen LogP contribution in [0.25, 0.3) is 116 Å². The maximum Gasteiger partial charge on any atom is 0.164 e. The van der Waals surface area contributed by atoms with Crippen molar-refractivity contribution in [1.82, 2.24) is 19.5 Å². The van der Waals surface area contributed by atoms with Crippen LogP contribution in [0.15, 0.2) is 199 Å². The zero-order chi connectivity index (χ0) is 38.2. The predicted molar refractivity (Wildman–Crippen MR) is 238 cm³/mol. The van der Waals surface area contributed by atoms with Crippen molar-refractivity contribution in [3.8, 4) is 51.0 Å². The van der Waals surface area contributed by atoms with Gasteiger partial charge in [-0.1, -0.05) is 133 Å². The van der Waals surface area contributed by atoms with Crippen LogP contribution >= 0.6 is 0 Å². The lowest BCUT2D eigenvalue weighted by Gasteiger charge is -2.10. The summed E-state index contributed by atoms with van der Waals surface area (Å²) in [5, 5.41) is 9.14. The van der Waals surface area contributed by atoms with E-state index in [1.807, 2.05) is 0 Å². The molecule has 0 bridgehead atoms. The van der Waals surface area contributed by atoms with Gasteiger partial charge in [-0.05, 0) is 93.3 Å². The Morgan fingerprint density at radius 2 is 0.879 bits per heavy atom. The molecule has 0 aliphatic rings. The lowest BCUT2D eigenvalue weighted by molar-refractivity contribution is 0.669. The minimum absolute atomic E-state index is 0.588. The molecule has 0 N–H and O–H groups in total. The van der Waals surface area contributed by atoms with Gasteiger partial charge in [0.2, 0.25) is 0 Å². The van der Waals surface area contributed by atoms with Crippen LogP contribution in [0, 0.1) is 0 Å². The highest BCUT2D eigenvalue weighted by molar-refractivity contribution is 6.12. The second kappa shape index (κ2) is 12.8. The molecular weight excluding hydrogens is 709 g/mol. The van der Waals surface area contributed by atoms with Gasteiger partial charge in [0.05, 0.1) is 11.0 Å². The summed E-state index contributed by atoms with van der Waals surface area (Å²) in [6.45, 7) is 0. The summed E-state index contributed by atoms with van der Waals surface area (Å²) in [7, 11) is 0. The number of hydrogen-bond acceptors (Lipinski definition) is 4. The van der Waals surface area contributed by atoms with Gasteiger partial charge < -0.3 is 8.98 Å². The van der Waals surface area contributed by atoms with Crippen LogP contribution in [-0.2, 0) is 0 Å². The van der Waals surface area contributed by atoms with E-state index in [-0.39, 0.29) is 0 Å². The molecule has 9 aromatic carbocycles. The largest absolute Gasteiger partial charge is 0.456 e. The van der Waals surface area contributed by atoms with E-state index in [0.717, 1.165) is 66.1 Å². The van der Waals surface area contributed by atoms with Crippen LogP contribution in [0.4, 0.5) is 0 Å². The molecule has 5 heteroatoms. The van der Waals surface area contributed by atoms with Crippen molar-refractivity contribution < 1.29 is 4.42 Å². The Morgan fingerprint density at radius 3 is 1.59 bits per heavy atom. The number of aromatic nitrogens is 4. The van der Waals surface area contributed by atoms with Crippen molar-refractivity contribution in [3.63, 3.8) is 0 Å². The standard InChI is InChI=1S/C53H32N4O/c1-2-10-33(11-3-1)38-23-26-48-45(30-38)43-16-8-9-17-47(43)57(48)42-24-27-49-46(32-42)44-25-22-41(31-50(44)58-49)53-55-51(39-20-18-34-12-4-6-14-36(34)28-39)54-52(56-53)40-21-19-35-13-5-7-15-37(35)29-40/h1-32H. The third-order valence-electron chi connectivity index (χ3n) is 11.4. The first-order valence-corrected chi connectivity index (χ1v) is 19.5. The van der Waals surface area contributed by atoms with Gasteiger partial charge in [0, 0.05) is 43.9 Å². The van der Waals surface area contributed by atoms with E-state index in [4.69, 9.17) is 19.4 Å². The van der Waals surface area contributed by atoms with Crippen molar-refractivity contribution in [3.05, 3.63) is 194 Å². The lowest BCUT2D eigenvalue weighted by atomic mass is 10.0. The topological polar surface area (TPSA) is 56.7 Å². The monoisotopic (exact) mass is 740 g/mol. The van der Waals surface area contributed by atoms with Gasteiger partial charge >= 0.3 is 0 Å². The van der Waals surface area contributed by atoms with Crippen LogP contribution < -0.4 is 0 Å². The Hall–Kier alpha value is -7.89. The number of nitrogens with zero attached hydrogens (tertiary/aromatic N) is 4. The quantitative estimate of drug-likeness (QED) is 0.176. The molecule has 3 heterocycles. The number of benzene rings is 9. The normalized spacial score (nSPS) is 11.8. The molecule has 0 fully saturated rings. The third-order valence-corrected chi connectivity index (χ3v) is 11.4. The fraction of sp³-hybridized carbons (Fsp3) is 0. The van der Waals surface area contributed by atoms with Crippen LogP contribution in [0.5, 0.6) is 0 Å². The maximum absolute atomic E-state index is 6.57. The van der Waals surface area contributed by atoms with Crippen LogP contribution in [0.2, 0.25) is 0 Å². The number of rotatable bonds is 5. The van der Waals surface area contributed by atoms with Crippen molar-refractivity contribution in [2.45, 2.75) is 0 Å². The number of furan rings is 1. The first kappa shape index (κ1) is 32.4. The van der Waals surface area contributed by atoms with E-state index in [1.165, 1.54) is 32.7 Å². The van der Waals surface area contributed by atoms with Gasteiger partial charge in [0.15, 0.2) is 17.5 Å². The van der Waals surface area contributed by atoms with Gasteiger partial charge in [0.25, 0.3) is 0 Å².